The number of aryl methyl sites for hydroxylation is 1. The molecular weight excluding hydrogens is 364 g/mol. The van der Waals surface area contributed by atoms with Gasteiger partial charge < -0.3 is 14.4 Å². The van der Waals surface area contributed by atoms with E-state index in [1.54, 1.807) is 0 Å². The minimum absolute atomic E-state index is 0.265. The van der Waals surface area contributed by atoms with Crippen LogP contribution in [0.4, 0.5) is 0 Å². The Morgan fingerprint density at radius 3 is 2.76 bits per heavy atom. The molecule has 0 radical (unpaired) electrons. The number of aromatic nitrogens is 1. The molecule has 0 spiro atoms. The maximum atomic E-state index is 11.4. The first-order valence-electron chi connectivity index (χ1n) is 10.6. The lowest BCUT2D eigenvalue weighted by molar-refractivity contribution is 0.195. The topological polar surface area (TPSA) is 69.5 Å². The number of aliphatic hydroxyl groups excluding tert-OH is 1. The Hall–Kier alpha value is -2.37. The number of aromatic amines is 1. The number of likely N-dealkylation sites (tertiary alicyclic amines) is 1. The Labute approximate surface area is 171 Å². The summed E-state index contributed by atoms with van der Waals surface area (Å²) >= 11 is 0. The van der Waals surface area contributed by atoms with Crippen molar-refractivity contribution in [1.82, 2.24) is 9.88 Å². The van der Waals surface area contributed by atoms with E-state index in [9.17, 15) is 9.90 Å². The lowest BCUT2D eigenvalue weighted by atomic mass is 9.91. The van der Waals surface area contributed by atoms with Crippen molar-refractivity contribution in [3.63, 3.8) is 0 Å². The summed E-state index contributed by atoms with van der Waals surface area (Å²) < 4.78 is 5.20. The van der Waals surface area contributed by atoms with Crippen molar-refractivity contribution in [3.05, 3.63) is 70.2 Å². The summed E-state index contributed by atoms with van der Waals surface area (Å²) in [6, 6.07) is 16.6. The van der Waals surface area contributed by atoms with Gasteiger partial charge in [-0.2, -0.15) is 0 Å². The van der Waals surface area contributed by atoms with Crippen molar-refractivity contribution in [1.29, 1.82) is 0 Å². The molecule has 29 heavy (non-hydrogen) atoms. The zero-order valence-electron chi connectivity index (χ0n) is 17.0. The Kier molecular flexibility index (Phi) is 6.16. The number of hydrogen-bond donors (Lipinski definition) is 2. The molecule has 0 aliphatic carbocycles. The fourth-order valence-corrected chi connectivity index (χ4v) is 4.69. The lowest BCUT2D eigenvalue weighted by Gasteiger charge is -2.21. The lowest BCUT2D eigenvalue weighted by Crippen LogP contribution is -2.26. The number of nitrogens with one attached hydrogen (secondary N) is 1. The number of hydrogen-bond acceptors (Lipinski definition) is 4. The van der Waals surface area contributed by atoms with E-state index >= 15 is 0 Å². The number of oxazole rings is 1. The van der Waals surface area contributed by atoms with Crippen LogP contribution in [0.3, 0.4) is 0 Å². The molecule has 1 unspecified atom stereocenters. The average molecular weight is 395 g/mol. The van der Waals surface area contributed by atoms with Crippen LogP contribution in [0.1, 0.15) is 36.8 Å². The Morgan fingerprint density at radius 2 is 1.97 bits per heavy atom. The highest BCUT2D eigenvalue weighted by atomic mass is 16.4. The van der Waals surface area contributed by atoms with Crippen molar-refractivity contribution in [2.24, 2.45) is 11.8 Å². The first-order chi connectivity index (χ1) is 14.1. The smallest absolute Gasteiger partial charge is 0.408 e. The van der Waals surface area contributed by atoms with Crippen LogP contribution in [-0.4, -0.2) is 41.2 Å². The second kappa shape index (κ2) is 8.97. The minimum atomic E-state index is -0.409. The summed E-state index contributed by atoms with van der Waals surface area (Å²) in [6.07, 6.45) is 3.43. The van der Waals surface area contributed by atoms with Crippen LogP contribution in [0.15, 0.2) is 57.7 Å². The molecule has 2 aromatic carbocycles. The number of aliphatic hydroxyl groups is 1. The predicted octanol–water partition coefficient (Wildman–Crippen LogP) is 3.79. The molecule has 1 aliphatic heterocycles. The van der Waals surface area contributed by atoms with Gasteiger partial charge in [-0.3, -0.25) is 4.98 Å². The van der Waals surface area contributed by atoms with Crippen molar-refractivity contribution in [2.45, 2.75) is 32.1 Å². The maximum Gasteiger partial charge on any atom is 0.417 e. The van der Waals surface area contributed by atoms with E-state index in [2.05, 4.69) is 53.2 Å². The molecule has 0 bridgehead atoms. The SMILES string of the molecule is CC(CN1C[C@@H](CCCc2ccccc2)[C@@H](CO)C1)c1ccc2[nH]c(=O)oc2c1. The molecule has 4 rings (SSSR count). The van der Waals surface area contributed by atoms with Gasteiger partial charge >= 0.3 is 5.76 Å². The monoisotopic (exact) mass is 394 g/mol. The Bertz CT molecular complexity index is 978. The number of benzene rings is 2. The summed E-state index contributed by atoms with van der Waals surface area (Å²) in [5.74, 6) is 0.847. The first kappa shape index (κ1) is 19.9. The van der Waals surface area contributed by atoms with Gasteiger partial charge in [0, 0.05) is 26.2 Å². The third-order valence-electron chi connectivity index (χ3n) is 6.32. The summed E-state index contributed by atoms with van der Waals surface area (Å²) in [5.41, 5.74) is 3.93. The van der Waals surface area contributed by atoms with Gasteiger partial charge in [0.15, 0.2) is 5.58 Å². The number of fused-ring (bicyclic) bond motifs is 1. The molecule has 2 N–H and O–H groups in total. The third-order valence-corrected chi connectivity index (χ3v) is 6.32. The van der Waals surface area contributed by atoms with E-state index in [-0.39, 0.29) is 6.61 Å². The van der Waals surface area contributed by atoms with Crippen LogP contribution >= 0.6 is 0 Å². The summed E-state index contributed by atoms with van der Waals surface area (Å²) in [5, 5.41) is 9.87. The van der Waals surface area contributed by atoms with Gasteiger partial charge in [-0.25, -0.2) is 4.79 Å². The van der Waals surface area contributed by atoms with Gasteiger partial charge in [0.2, 0.25) is 0 Å². The highest BCUT2D eigenvalue weighted by Crippen LogP contribution is 2.30. The van der Waals surface area contributed by atoms with Crippen molar-refractivity contribution < 1.29 is 9.52 Å². The van der Waals surface area contributed by atoms with E-state index < -0.39 is 5.76 Å². The molecule has 5 heteroatoms. The molecule has 1 fully saturated rings. The minimum Gasteiger partial charge on any atom is -0.408 e. The molecule has 1 saturated heterocycles. The van der Waals surface area contributed by atoms with Gasteiger partial charge in [0.25, 0.3) is 0 Å². The van der Waals surface area contributed by atoms with Crippen LogP contribution in [0.5, 0.6) is 0 Å². The summed E-state index contributed by atoms with van der Waals surface area (Å²) in [4.78, 5) is 16.5. The predicted molar refractivity (Wildman–Crippen MR) is 115 cm³/mol. The third kappa shape index (κ3) is 4.80. The highest BCUT2D eigenvalue weighted by molar-refractivity contribution is 5.72. The van der Waals surface area contributed by atoms with Crippen molar-refractivity contribution in [3.8, 4) is 0 Å². The highest BCUT2D eigenvalue weighted by Gasteiger charge is 2.32. The summed E-state index contributed by atoms with van der Waals surface area (Å²) in [7, 11) is 0. The van der Waals surface area contributed by atoms with E-state index in [1.165, 1.54) is 11.1 Å². The molecule has 5 nitrogen and oxygen atoms in total. The van der Waals surface area contributed by atoms with Crippen molar-refractivity contribution >= 4 is 11.1 Å². The first-order valence-corrected chi connectivity index (χ1v) is 10.6. The summed E-state index contributed by atoms with van der Waals surface area (Å²) in [6.45, 7) is 5.43. The second-order valence-electron chi connectivity index (χ2n) is 8.47. The zero-order chi connectivity index (χ0) is 20.2. The number of H-pyrrole nitrogens is 1. The maximum absolute atomic E-state index is 11.4. The second-order valence-corrected chi connectivity index (χ2v) is 8.47. The zero-order valence-corrected chi connectivity index (χ0v) is 17.0. The fraction of sp³-hybridized carbons (Fsp3) is 0.458. The van der Waals surface area contributed by atoms with Crippen LogP contribution in [0, 0.1) is 11.8 Å². The molecule has 0 amide bonds. The van der Waals surface area contributed by atoms with E-state index in [4.69, 9.17) is 4.42 Å². The van der Waals surface area contributed by atoms with E-state index in [1.807, 2.05) is 12.1 Å². The fourth-order valence-electron chi connectivity index (χ4n) is 4.69. The van der Waals surface area contributed by atoms with Gasteiger partial charge in [0.05, 0.1) is 5.52 Å². The normalized spacial score (nSPS) is 21.0. The number of rotatable bonds is 8. The standard InChI is InChI=1S/C24H30N2O3/c1-17(19-10-11-22-23(12-19)29-24(28)25-22)13-26-14-20(21(15-26)16-27)9-5-8-18-6-3-2-4-7-18/h2-4,6-7,10-12,17,20-21,27H,5,8-9,13-16H2,1H3,(H,25,28)/t17?,20-,21-/m1/s1. The average Bonchev–Trinajstić information content (AvgIpc) is 3.29. The van der Waals surface area contributed by atoms with Gasteiger partial charge in [-0.1, -0.05) is 43.3 Å². The van der Waals surface area contributed by atoms with E-state index in [0.29, 0.717) is 23.3 Å². The molecule has 0 saturated carbocycles. The van der Waals surface area contributed by atoms with Crippen LogP contribution < -0.4 is 5.76 Å². The van der Waals surface area contributed by atoms with Crippen molar-refractivity contribution in [2.75, 3.05) is 26.2 Å². The van der Waals surface area contributed by atoms with Crippen LogP contribution in [-0.2, 0) is 6.42 Å². The molecular formula is C24H30N2O3. The van der Waals surface area contributed by atoms with Gasteiger partial charge in [0.1, 0.15) is 0 Å². The molecule has 154 valence electrons. The molecule has 1 aromatic heterocycles. The Morgan fingerprint density at radius 1 is 1.17 bits per heavy atom. The van der Waals surface area contributed by atoms with Crippen LogP contribution in [0.25, 0.3) is 11.1 Å². The number of nitrogens with zero attached hydrogens (tertiary/aromatic N) is 1. The Balaban J connectivity index is 1.33. The molecule has 3 atom stereocenters. The molecule has 2 heterocycles. The van der Waals surface area contributed by atoms with E-state index in [0.717, 1.165) is 44.4 Å². The largest absolute Gasteiger partial charge is 0.417 e. The molecule has 3 aromatic rings. The van der Waals surface area contributed by atoms with Crippen LogP contribution in [0.2, 0.25) is 0 Å². The van der Waals surface area contributed by atoms with Gasteiger partial charge in [-0.05, 0) is 60.3 Å². The van der Waals surface area contributed by atoms with Gasteiger partial charge in [-0.15, -0.1) is 0 Å². The quantitative estimate of drug-likeness (QED) is 0.610. The molecule has 1 aliphatic rings.